The quantitative estimate of drug-likeness (QED) is 0.603. The van der Waals surface area contributed by atoms with E-state index in [9.17, 15) is 0 Å². The van der Waals surface area contributed by atoms with Crippen molar-refractivity contribution in [3.63, 3.8) is 0 Å². The fraction of sp³-hybridized carbons (Fsp3) is 0.350. The highest BCUT2D eigenvalue weighted by Crippen LogP contribution is 2.43. The summed E-state index contributed by atoms with van der Waals surface area (Å²) in [5.74, 6) is 1.57. The zero-order chi connectivity index (χ0) is 16.9. The van der Waals surface area contributed by atoms with Gasteiger partial charge in [0, 0.05) is 18.3 Å². The molecule has 2 aromatic rings. The Hall–Kier alpha value is -2.49. The van der Waals surface area contributed by atoms with Crippen LogP contribution in [0.1, 0.15) is 41.0 Å². The van der Waals surface area contributed by atoms with Crippen molar-refractivity contribution in [3.05, 3.63) is 58.7 Å². The van der Waals surface area contributed by atoms with Crippen LogP contribution < -0.4 is 10.1 Å². The van der Waals surface area contributed by atoms with Crippen molar-refractivity contribution >= 4 is 11.9 Å². The molecule has 0 saturated heterocycles. The standard InChI is InChI=1S/C20H24N2O2/c1-14-7-8-15(12-22-23-3)11-20(14)24-13-18-17(16-9-10-16)5-4-6-19(18)21-2/h4-8,11-12,16,21H,9-10,13H2,1-3H3/b22-12+. The molecular formula is C20H24N2O2. The molecule has 1 aliphatic rings. The summed E-state index contributed by atoms with van der Waals surface area (Å²) in [4.78, 5) is 4.74. The maximum atomic E-state index is 6.16. The normalized spacial score (nSPS) is 14.0. The first-order chi connectivity index (χ1) is 11.7. The van der Waals surface area contributed by atoms with E-state index < -0.39 is 0 Å². The van der Waals surface area contributed by atoms with Crippen LogP contribution >= 0.6 is 0 Å². The van der Waals surface area contributed by atoms with E-state index in [1.54, 1.807) is 6.21 Å². The van der Waals surface area contributed by atoms with Crippen molar-refractivity contribution in [2.45, 2.75) is 32.3 Å². The minimum atomic E-state index is 0.564. The van der Waals surface area contributed by atoms with Gasteiger partial charge in [0.2, 0.25) is 0 Å². The van der Waals surface area contributed by atoms with Crippen LogP contribution in [0.15, 0.2) is 41.6 Å². The fourth-order valence-electron chi connectivity index (χ4n) is 2.89. The zero-order valence-corrected chi connectivity index (χ0v) is 14.5. The largest absolute Gasteiger partial charge is 0.489 e. The number of oxime groups is 1. The molecule has 126 valence electrons. The van der Waals surface area contributed by atoms with Gasteiger partial charge < -0.3 is 14.9 Å². The van der Waals surface area contributed by atoms with E-state index in [0.717, 1.165) is 22.6 Å². The van der Waals surface area contributed by atoms with E-state index in [1.807, 2.05) is 25.2 Å². The number of nitrogens with zero attached hydrogens (tertiary/aromatic N) is 1. The van der Waals surface area contributed by atoms with Crippen LogP contribution in [0.25, 0.3) is 0 Å². The maximum absolute atomic E-state index is 6.16. The Morgan fingerprint density at radius 1 is 1.25 bits per heavy atom. The highest BCUT2D eigenvalue weighted by molar-refractivity contribution is 5.80. The number of hydrogen-bond acceptors (Lipinski definition) is 4. The zero-order valence-electron chi connectivity index (χ0n) is 14.5. The molecule has 0 spiro atoms. The number of aryl methyl sites for hydroxylation is 1. The Bertz CT molecular complexity index is 736. The third-order valence-electron chi connectivity index (χ3n) is 4.39. The number of hydrogen-bond donors (Lipinski definition) is 1. The Morgan fingerprint density at radius 2 is 2.08 bits per heavy atom. The van der Waals surface area contributed by atoms with Crippen molar-refractivity contribution < 1.29 is 9.57 Å². The van der Waals surface area contributed by atoms with Gasteiger partial charge in [0.1, 0.15) is 19.5 Å². The lowest BCUT2D eigenvalue weighted by Crippen LogP contribution is -2.05. The molecule has 0 heterocycles. The van der Waals surface area contributed by atoms with Crippen molar-refractivity contribution in [1.29, 1.82) is 0 Å². The molecule has 1 N–H and O–H groups in total. The van der Waals surface area contributed by atoms with Gasteiger partial charge in [-0.15, -0.1) is 0 Å². The summed E-state index contributed by atoms with van der Waals surface area (Å²) in [6.07, 6.45) is 4.24. The number of benzene rings is 2. The molecule has 0 bridgehead atoms. The number of anilines is 1. The summed E-state index contributed by atoms with van der Waals surface area (Å²) in [5.41, 5.74) is 5.89. The van der Waals surface area contributed by atoms with Crippen molar-refractivity contribution in [1.82, 2.24) is 0 Å². The molecule has 0 atom stereocenters. The summed E-state index contributed by atoms with van der Waals surface area (Å²) < 4.78 is 6.16. The number of rotatable bonds is 7. The molecule has 3 rings (SSSR count). The molecule has 1 saturated carbocycles. The van der Waals surface area contributed by atoms with Gasteiger partial charge in [-0.1, -0.05) is 29.4 Å². The minimum Gasteiger partial charge on any atom is -0.489 e. The van der Waals surface area contributed by atoms with E-state index in [4.69, 9.17) is 9.57 Å². The molecule has 4 heteroatoms. The van der Waals surface area contributed by atoms with Crippen molar-refractivity contribution in [2.24, 2.45) is 5.16 Å². The second-order valence-corrected chi connectivity index (χ2v) is 6.13. The first kappa shape index (κ1) is 16.4. The molecule has 24 heavy (non-hydrogen) atoms. The summed E-state index contributed by atoms with van der Waals surface area (Å²) in [7, 11) is 3.50. The molecule has 1 aliphatic carbocycles. The lowest BCUT2D eigenvalue weighted by molar-refractivity contribution is 0.215. The monoisotopic (exact) mass is 324 g/mol. The van der Waals surface area contributed by atoms with Gasteiger partial charge in [0.15, 0.2) is 0 Å². The molecule has 2 aromatic carbocycles. The van der Waals surface area contributed by atoms with Gasteiger partial charge in [-0.3, -0.25) is 0 Å². The smallest absolute Gasteiger partial charge is 0.123 e. The average molecular weight is 324 g/mol. The highest BCUT2D eigenvalue weighted by Gasteiger charge is 2.27. The third kappa shape index (κ3) is 3.70. The summed E-state index contributed by atoms with van der Waals surface area (Å²) in [5, 5.41) is 7.10. The van der Waals surface area contributed by atoms with Gasteiger partial charge in [-0.05, 0) is 54.5 Å². The predicted molar refractivity (Wildman–Crippen MR) is 98.1 cm³/mol. The molecule has 0 aliphatic heterocycles. The first-order valence-electron chi connectivity index (χ1n) is 8.32. The lowest BCUT2D eigenvalue weighted by Gasteiger charge is -2.16. The highest BCUT2D eigenvalue weighted by atomic mass is 16.6. The van der Waals surface area contributed by atoms with Crippen LogP contribution in [0.2, 0.25) is 0 Å². The molecule has 0 unspecified atom stereocenters. The van der Waals surface area contributed by atoms with E-state index in [1.165, 1.54) is 31.1 Å². The lowest BCUT2D eigenvalue weighted by atomic mass is 10.0. The molecule has 0 radical (unpaired) electrons. The maximum Gasteiger partial charge on any atom is 0.123 e. The van der Waals surface area contributed by atoms with Crippen LogP contribution in [0.5, 0.6) is 5.75 Å². The molecule has 1 fully saturated rings. The van der Waals surface area contributed by atoms with Crippen molar-refractivity contribution in [3.8, 4) is 5.75 Å². The Labute approximate surface area is 143 Å². The summed E-state index contributed by atoms with van der Waals surface area (Å²) in [6, 6.07) is 12.5. The summed E-state index contributed by atoms with van der Waals surface area (Å²) >= 11 is 0. The van der Waals surface area contributed by atoms with E-state index in [2.05, 4.69) is 35.6 Å². The number of ether oxygens (including phenoxy) is 1. The Morgan fingerprint density at radius 3 is 2.79 bits per heavy atom. The van der Waals surface area contributed by atoms with Gasteiger partial charge in [0.25, 0.3) is 0 Å². The fourth-order valence-corrected chi connectivity index (χ4v) is 2.89. The molecule has 0 aromatic heterocycles. The van der Waals surface area contributed by atoms with Crippen LogP contribution in [-0.4, -0.2) is 20.4 Å². The van der Waals surface area contributed by atoms with Crippen LogP contribution in [-0.2, 0) is 11.4 Å². The molecule has 0 amide bonds. The van der Waals surface area contributed by atoms with Gasteiger partial charge >= 0.3 is 0 Å². The average Bonchev–Trinajstić information content (AvgIpc) is 3.44. The van der Waals surface area contributed by atoms with Gasteiger partial charge in [-0.2, -0.15) is 0 Å². The summed E-state index contributed by atoms with van der Waals surface area (Å²) in [6.45, 7) is 2.62. The van der Waals surface area contributed by atoms with E-state index in [-0.39, 0.29) is 0 Å². The van der Waals surface area contributed by atoms with Crippen LogP contribution in [0, 0.1) is 6.92 Å². The Kier molecular flexibility index (Phi) is 5.04. The number of nitrogens with one attached hydrogen (secondary N) is 1. The molecular weight excluding hydrogens is 300 g/mol. The molecule has 4 nitrogen and oxygen atoms in total. The van der Waals surface area contributed by atoms with Crippen molar-refractivity contribution in [2.75, 3.05) is 19.5 Å². The van der Waals surface area contributed by atoms with Gasteiger partial charge in [-0.25, -0.2) is 0 Å². The SMILES string of the molecule is CNc1cccc(C2CC2)c1COc1cc(/C=N/OC)ccc1C. The Balaban J connectivity index is 1.82. The third-order valence-corrected chi connectivity index (χ3v) is 4.39. The van der Waals surface area contributed by atoms with Crippen LogP contribution in [0.3, 0.4) is 0 Å². The van der Waals surface area contributed by atoms with Crippen LogP contribution in [0.4, 0.5) is 5.69 Å². The second-order valence-electron chi connectivity index (χ2n) is 6.13. The second kappa shape index (κ2) is 7.39. The van der Waals surface area contributed by atoms with Gasteiger partial charge in [0.05, 0.1) is 6.21 Å². The predicted octanol–water partition coefficient (Wildman–Crippen LogP) is 4.47. The van der Waals surface area contributed by atoms with E-state index >= 15 is 0 Å². The van der Waals surface area contributed by atoms with E-state index in [0.29, 0.717) is 12.5 Å². The minimum absolute atomic E-state index is 0.564. The first-order valence-corrected chi connectivity index (χ1v) is 8.32. The topological polar surface area (TPSA) is 42.8 Å².